The lowest BCUT2D eigenvalue weighted by Crippen LogP contribution is -2.29. The van der Waals surface area contributed by atoms with E-state index in [1.807, 2.05) is 0 Å². The van der Waals surface area contributed by atoms with E-state index in [1.54, 1.807) is 0 Å². The topological polar surface area (TPSA) is 36.9 Å². The van der Waals surface area contributed by atoms with E-state index >= 15 is 0 Å². The molecule has 1 aliphatic rings. The van der Waals surface area contributed by atoms with E-state index in [4.69, 9.17) is 12.2 Å². The Bertz CT molecular complexity index is 419. The van der Waals surface area contributed by atoms with Gasteiger partial charge in [-0.25, -0.2) is 0 Å². The van der Waals surface area contributed by atoms with Crippen LogP contribution in [0, 0.1) is 10.7 Å². The summed E-state index contributed by atoms with van der Waals surface area (Å²) >= 11 is 5.21. The van der Waals surface area contributed by atoms with Gasteiger partial charge < -0.3 is 9.47 Å². The van der Waals surface area contributed by atoms with E-state index < -0.39 is 0 Å². The molecule has 5 heteroatoms. The van der Waals surface area contributed by atoms with Crippen molar-refractivity contribution in [3.63, 3.8) is 0 Å². The van der Waals surface area contributed by atoms with Gasteiger partial charge in [0.1, 0.15) is 5.82 Å². The van der Waals surface area contributed by atoms with Crippen molar-refractivity contribution in [2.45, 2.75) is 46.1 Å². The number of hydrogen-bond donors (Lipinski definition) is 1. The van der Waals surface area contributed by atoms with Crippen LogP contribution in [0.4, 0.5) is 0 Å². The highest BCUT2D eigenvalue weighted by molar-refractivity contribution is 7.71. The van der Waals surface area contributed by atoms with E-state index in [9.17, 15) is 0 Å². The molecule has 0 unspecified atom stereocenters. The molecule has 18 heavy (non-hydrogen) atoms. The number of nitrogens with one attached hydrogen (secondary N) is 1. The predicted molar refractivity (Wildman–Crippen MR) is 76.2 cm³/mol. The number of hydrogen-bond acceptors (Lipinski definition) is 3. The average Bonchev–Trinajstić information content (AvgIpc) is 3.09. The van der Waals surface area contributed by atoms with Crippen LogP contribution in [0.15, 0.2) is 0 Å². The van der Waals surface area contributed by atoms with Gasteiger partial charge in [-0.3, -0.25) is 5.10 Å². The third kappa shape index (κ3) is 3.65. The maximum absolute atomic E-state index is 5.21. The number of H-pyrrole nitrogens is 1. The Labute approximate surface area is 114 Å². The van der Waals surface area contributed by atoms with Gasteiger partial charge in [-0.15, -0.1) is 0 Å². The minimum absolute atomic E-state index is 0.747. The molecule has 0 spiro atoms. The van der Waals surface area contributed by atoms with E-state index in [1.165, 1.54) is 32.4 Å². The Balaban J connectivity index is 1.88. The van der Waals surface area contributed by atoms with Crippen molar-refractivity contribution < 1.29 is 0 Å². The Morgan fingerprint density at radius 2 is 2.17 bits per heavy atom. The fraction of sp³-hybridized carbons (Fsp3) is 0.846. The summed E-state index contributed by atoms with van der Waals surface area (Å²) in [5, 5.41) is 7.23. The van der Waals surface area contributed by atoms with Crippen LogP contribution in [0.25, 0.3) is 0 Å². The van der Waals surface area contributed by atoms with Crippen LogP contribution in [0.5, 0.6) is 0 Å². The van der Waals surface area contributed by atoms with Crippen molar-refractivity contribution in [2.75, 3.05) is 19.6 Å². The van der Waals surface area contributed by atoms with E-state index in [-0.39, 0.29) is 0 Å². The van der Waals surface area contributed by atoms with E-state index in [0.717, 1.165) is 36.0 Å². The Kier molecular flexibility index (Phi) is 4.95. The predicted octanol–water partition coefficient (Wildman–Crippen LogP) is 2.63. The zero-order chi connectivity index (χ0) is 13.0. The third-order valence-corrected chi connectivity index (χ3v) is 3.87. The second kappa shape index (κ2) is 6.48. The Morgan fingerprint density at radius 3 is 2.78 bits per heavy atom. The maximum Gasteiger partial charge on any atom is 0.195 e. The van der Waals surface area contributed by atoms with Crippen LogP contribution in [-0.4, -0.2) is 39.3 Å². The second-order valence-electron chi connectivity index (χ2n) is 5.18. The van der Waals surface area contributed by atoms with Gasteiger partial charge >= 0.3 is 0 Å². The summed E-state index contributed by atoms with van der Waals surface area (Å²) in [5.74, 6) is 2.06. The molecule has 2 rings (SSSR count). The second-order valence-corrected chi connectivity index (χ2v) is 5.57. The molecule has 0 saturated heterocycles. The molecule has 0 atom stereocenters. The van der Waals surface area contributed by atoms with Crippen molar-refractivity contribution in [3.05, 3.63) is 10.6 Å². The quantitative estimate of drug-likeness (QED) is 0.736. The van der Waals surface area contributed by atoms with Crippen molar-refractivity contribution >= 4 is 12.2 Å². The highest BCUT2D eigenvalue weighted by Crippen LogP contribution is 2.29. The highest BCUT2D eigenvalue weighted by atomic mass is 32.1. The highest BCUT2D eigenvalue weighted by Gasteiger charge is 2.23. The zero-order valence-electron chi connectivity index (χ0n) is 11.5. The van der Waals surface area contributed by atoms with Crippen LogP contribution < -0.4 is 0 Å². The smallest absolute Gasteiger partial charge is 0.195 e. The molecule has 1 heterocycles. The first-order chi connectivity index (χ1) is 8.74. The van der Waals surface area contributed by atoms with Gasteiger partial charge in [0, 0.05) is 26.1 Å². The number of aromatic nitrogens is 3. The SMILES string of the molecule is CCCN(CCc1n[nH]c(=S)n1CC)CC1CC1. The van der Waals surface area contributed by atoms with Crippen LogP contribution in [-0.2, 0) is 13.0 Å². The molecule has 1 aromatic rings. The molecule has 1 N–H and O–H groups in total. The molecule has 1 fully saturated rings. The monoisotopic (exact) mass is 268 g/mol. The third-order valence-electron chi connectivity index (χ3n) is 3.56. The molecule has 0 aliphatic heterocycles. The molecule has 0 aromatic carbocycles. The van der Waals surface area contributed by atoms with Crippen molar-refractivity contribution in [1.82, 2.24) is 19.7 Å². The number of rotatable bonds is 8. The van der Waals surface area contributed by atoms with Gasteiger partial charge in [0.25, 0.3) is 0 Å². The zero-order valence-corrected chi connectivity index (χ0v) is 12.3. The van der Waals surface area contributed by atoms with Gasteiger partial charge in [0.15, 0.2) is 4.77 Å². The number of nitrogens with zero attached hydrogens (tertiary/aromatic N) is 3. The summed E-state index contributed by atoms with van der Waals surface area (Å²) in [6.45, 7) is 8.84. The lowest BCUT2D eigenvalue weighted by molar-refractivity contribution is 0.264. The lowest BCUT2D eigenvalue weighted by Gasteiger charge is -2.21. The Hall–Kier alpha value is -0.680. The van der Waals surface area contributed by atoms with Gasteiger partial charge in [-0.2, -0.15) is 5.10 Å². The first-order valence-corrected chi connectivity index (χ1v) is 7.51. The summed E-state index contributed by atoms with van der Waals surface area (Å²) in [6.07, 6.45) is 5.07. The van der Waals surface area contributed by atoms with Crippen LogP contribution >= 0.6 is 12.2 Å². The minimum Gasteiger partial charge on any atom is -0.304 e. The number of aromatic amines is 1. The average molecular weight is 268 g/mol. The largest absolute Gasteiger partial charge is 0.304 e. The fourth-order valence-electron chi connectivity index (χ4n) is 2.40. The van der Waals surface area contributed by atoms with Crippen LogP contribution in [0.2, 0.25) is 0 Å². The molecule has 1 aromatic heterocycles. The summed E-state index contributed by atoms with van der Waals surface area (Å²) in [4.78, 5) is 2.58. The van der Waals surface area contributed by atoms with Crippen LogP contribution in [0.3, 0.4) is 0 Å². The summed E-state index contributed by atoms with van der Waals surface area (Å²) in [5.41, 5.74) is 0. The van der Waals surface area contributed by atoms with Crippen molar-refractivity contribution in [1.29, 1.82) is 0 Å². The minimum atomic E-state index is 0.747. The molecule has 1 aliphatic carbocycles. The molecule has 102 valence electrons. The van der Waals surface area contributed by atoms with E-state index in [2.05, 4.69) is 33.5 Å². The van der Waals surface area contributed by atoms with Crippen LogP contribution in [0.1, 0.15) is 38.9 Å². The summed E-state index contributed by atoms with van der Waals surface area (Å²) in [6, 6.07) is 0. The summed E-state index contributed by atoms with van der Waals surface area (Å²) < 4.78 is 2.84. The van der Waals surface area contributed by atoms with Gasteiger partial charge in [-0.1, -0.05) is 6.92 Å². The molecule has 1 saturated carbocycles. The standard InChI is InChI=1S/C13H24N4S/c1-3-8-16(10-11-5-6-11)9-7-12-14-15-13(18)17(12)4-2/h11H,3-10H2,1-2H3,(H,15,18). The molecular formula is C13H24N4S. The van der Waals surface area contributed by atoms with E-state index in [0.29, 0.717) is 0 Å². The lowest BCUT2D eigenvalue weighted by atomic mass is 10.3. The first-order valence-electron chi connectivity index (χ1n) is 7.11. The molecule has 0 radical (unpaired) electrons. The van der Waals surface area contributed by atoms with Crippen molar-refractivity contribution in [3.8, 4) is 0 Å². The Morgan fingerprint density at radius 1 is 1.39 bits per heavy atom. The maximum atomic E-state index is 5.21. The first kappa shape index (κ1) is 13.7. The summed E-state index contributed by atoms with van der Waals surface area (Å²) in [7, 11) is 0. The fourth-order valence-corrected chi connectivity index (χ4v) is 2.68. The van der Waals surface area contributed by atoms with Crippen molar-refractivity contribution in [2.24, 2.45) is 5.92 Å². The molecular weight excluding hydrogens is 244 g/mol. The van der Waals surface area contributed by atoms with Gasteiger partial charge in [0.2, 0.25) is 0 Å². The van der Waals surface area contributed by atoms with Gasteiger partial charge in [-0.05, 0) is 50.9 Å². The molecule has 4 nitrogen and oxygen atoms in total. The normalized spacial score (nSPS) is 15.5. The van der Waals surface area contributed by atoms with Gasteiger partial charge in [0.05, 0.1) is 0 Å². The molecule has 0 bridgehead atoms. The molecule has 0 amide bonds.